The Hall–Kier alpha value is -1.59. The van der Waals surface area contributed by atoms with E-state index in [1.54, 1.807) is 0 Å². The van der Waals surface area contributed by atoms with Crippen LogP contribution in [0.5, 0.6) is 0 Å². The van der Waals surface area contributed by atoms with Crippen molar-refractivity contribution in [3.05, 3.63) is 0 Å². The van der Waals surface area contributed by atoms with Gasteiger partial charge in [0.25, 0.3) is 0 Å². The van der Waals surface area contributed by atoms with Crippen molar-refractivity contribution < 1.29 is 4.79 Å². The Kier molecular flexibility index (Phi) is 4.48. The Morgan fingerprint density at radius 2 is 2.00 bits per heavy atom. The first-order chi connectivity index (χ1) is 8.08. The van der Waals surface area contributed by atoms with Gasteiger partial charge in [-0.3, -0.25) is 4.79 Å². The SMILES string of the molecule is CC(C)C1(C(=O)N(CC#N)CC#N)CCNC1. The van der Waals surface area contributed by atoms with E-state index in [4.69, 9.17) is 10.5 Å². The molecule has 0 aromatic heterocycles. The molecule has 5 heteroatoms. The van der Waals surface area contributed by atoms with Crippen LogP contribution in [-0.4, -0.2) is 37.0 Å². The molecule has 5 nitrogen and oxygen atoms in total. The molecule has 1 fully saturated rings. The third-order valence-corrected chi connectivity index (χ3v) is 3.53. The number of carbonyl (C=O) groups excluding carboxylic acids is 1. The minimum Gasteiger partial charge on any atom is -0.316 e. The van der Waals surface area contributed by atoms with Crippen molar-refractivity contribution in [3.8, 4) is 12.1 Å². The first kappa shape index (κ1) is 13.5. The smallest absolute Gasteiger partial charge is 0.232 e. The highest BCUT2D eigenvalue weighted by Gasteiger charge is 2.45. The maximum Gasteiger partial charge on any atom is 0.232 e. The Morgan fingerprint density at radius 3 is 2.35 bits per heavy atom. The van der Waals surface area contributed by atoms with Crippen LogP contribution in [0.3, 0.4) is 0 Å². The molecular weight excluding hydrogens is 216 g/mol. The largest absolute Gasteiger partial charge is 0.316 e. The first-order valence-electron chi connectivity index (χ1n) is 5.82. The predicted molar refractivity (Wildman–Crippen MR) is 62.6 cm³/mol. The minimum absolute atomic E-state index is 0.0130. The molecule has 1 aliphatic heterocycles. The Morgan fingerprint density at radius 1 is 1.41 bits per heavy atom. The van der Waals surface area contributed by atoms with Crippen LogP contribution in [0.25, 0.3) is 0 Å². The van der Waals surface area contributed by atoms with Gasteiger partial charge in [-0.1, -0.05) is 13.8 Å². The fraction of sp³-hybridized carbons (Fsp3) is 0.750. The number of hydrogen-bond acceptors (Lipinski definition) is 4. The third-order valence-electron chi connectivity index (χ3n) is 3.53. The molecule has 0 aliphatic carbocycles. The van der Waals surface area contributed by atoms with Crippen molar-refractivity contribution in [2.24, 2.45) is 11.3 Å². The summed E-state index contributed by atoms with van der Waals surface area (Å²) < 4.78 is 0. The van der Waals surface area contributed by atoms with Crippen molar-refractivity contribution >= 4 is 5.91 Å². The van der Waals surface area contributed by atoms with Crippen molar-refractivity contribution in [3.63, 3.8) is 0 Å². The Labute approximate surface area is 102 Å². The molecule has 1 amide bonds. The number of carbonyl (C=O) groups is 1. The zero-order chi connectivity index (χ0) is 12.9. The van der Waals surface area contributed by atoms with Crippen LogP contribution in [0, 0.1) is 34.0 Å². The van der Waals surface area contributed by atoms with E-state index in [1.165, 1.54) is 4.90 Å². The number of nitrogens with zero attached hydrogens (tertiary/aromatic N) is 3. The molecule has 0 aromatic rings. The average molecular weight is 234 g/mol. The molecule has 0 radical (unpaired) electrons. The normalized spacial score (nSPS) is 23.1. The number of nitriles is 2. The van der Waals surface area contributed by atoms with Crippen LogP contribution >= 0.6 is 0 Å². The summed E-state index contributed by atoms with van der Waals surface area (Å²) in [4.78, 5) is 13.8. The number of nitrogens with one attached hydrogen (secondary N) is 1. The lowest BCUT2D eigenvalue weighted by molar-refractivity contribution is -0.142. The molecule has 1 heterocycles. The molecule has 92 valence electrons. The van der Waals surface area contributed by atoms with E-state index in [1.807, 2.05) is 26.0 Å². The summed E-state index contributed by atoms with van der Waals surface area (Å²) in [7, 11) is 0. The summed E-state index contributed by atoms with van der Waals surface area (Å²) in [6, 6.07) is 3.89. The lowest BCUT2D eigenvalue weighted by Crippen LogP contribution is -2.48. The fourth-order valence-corrected chi connectivity index (χ4v) is 2.32. The van der Waals surface area contributed by atoms with Gasteiger partial charge in [0.15, 0.2) is 0 Å². The van der Waals surface area contributed by atoms with Gasteiger partial charge >= 0.3 is 0 Å². The van der Waals surface area contributed by atoms with Gasteiger partial charge in [-0.15, -0.1) is 0 Å². The molecule has 1 atom stereocenters. The summed E-state index contributed by atoms with van der Waals surface area (Å²) in [5.74, 6) is 0.130. The van der Waals surface area contributed by atoms with E-state index < -0.39 is 5.41 Å². The maximum absolute atomic E-state index is 12.5. The maximum atomic E-state index is 12.5. The molecule has 1 unspecified atom stereocenters. The molecule has 1 saturated heterocycles. The van der Waals surface area contributed by atoms with E-state index in [9.17, 15) is 4.79 Å². The predicted octanol–water partition coefficient (Wildman–Crippen LogP) is 0.498. The van der Waals surface area contributed by atoms with E-state index in [-0.39, 0.29) is 24.9 Å². The lowest BCUT2D eigenvalue weighted by atomic mass is 9.75. The molecule has 0 spiro atoms. The molecule has 1 rings (SSSR count). The molecule has 1 aliphatic rings. The number of rotatable bonds is 4. The highest BCUT2D eigenvalue weighted by molar-refractivity contribution is 5.84. The molecule has 17 heavy (non-hydrogen) atoms. The second-order valence-corrected chi connectivity index (χ2v) is 4.72. The van der Waals surface area contributed by atoms with Gasteiger partial charge in [0.2, 0.25) is 5.91 Å². The van der Waals surface area contributed by atoms with E-state index in [0.29, 0.717) is 6.54 Å². The standard InChI is InChI=1S/C12H18N4O/c1-10(2)12(3-6-15-9-12)11(17)16(7-4-13)8-5-14/h10,15H,3,6-9H2,1-2H3. The van der Waals surface area contributed by atoms with Gasteiger partial charge in [0, 0.05) is 6.54 Å². The highest BCUT2D eigenvalue weighted by Crippen LogP contribution is 2.36. The van der Waals surface area contributed by atoms with Gasteiger partial charge in [-0.25, -0.2) is 0 Å². The summed E-state index contributed by atoms with van der Waals surface area (Å²) in [6.07, 6.45) is 0.775. The Balaban J connectivity index is 2.91. The topological polar surface area (TPSA) is 79.9 Å². The summed E-state index contributed by atoms with van der Waals surface area (Å²) >= 11 is 0. The second kappa shape index (κ2) is 5.65. The highest BCUT2D eigenvalue weighted by atomic mass is 16.2. The zero-order valence-electron chi connectivity index (χ0n) is 10.4. The summed E-state index contributed by atoms with van der Waals surface area (Å²) in [5, 5.41) is 20.6. The van der Waals surface area contributed by atoms with E-state index in [0.717, 1.165) is 13.0 Å². The fourth-order valence-electron chi connectivity index (χ4n) is 2.32. The first-order valence-corrected chi connectivity index (χ1v) is 5.82. The molecule has 1 N–H and O–H groups in total. The van der Waals surface area contributed by atoms with Gasteiger partial charge in [-0.05, 0) is 18.9 Å². The van der Waals surface area contributed by atoms with Crippen molar-refractivity contribution in [2.45, 2.75) is 20.3 Å². The van der Waals surface area contributed by atoms with Crippen LogP contribution in [0.1, 0.15) is 20.3 Å². The monoisotopic (exact) mass is 234 g/mol. The Bertz CT molecular complexity index is 342. The second-order valence-electron chi connectivity index (χ2n) is 4.72. The molecule has 0 saturated carbocycles. The average Bonchev–Trinajstić information content (AvgIpc) is 2.78. The van der Waals surface area contributed by atoms with Crippen LogP contribution in [-0.2, 0) is 4.79 Å². The van der Waals surface area contributed by atoms with Crippen LogP contribution < -0.4 is 5.32 Å². The molecule has 0 aromatic carbocycles. The zero-order valence-corrected chi connectivity index (χ0v) is 10.4. The van der Waals surface area contributed by atoms with Crippen LogP contribution in [0.15, 0.2) is 0 Å². The van der Waals surface area contributed by atoms with Gasteiger partial charge in [0.1, 0.15) is 13.1 Å². The van der Waals surface area contributed by atoms with Crippen molar-refractivity contribution in [2.75, 3.05) is 26.2 Å². The van der Waals surface area contributed by atoms with Crippen LogP contribution in [0.4, 0.5) is 0 Å². The van der Waals surface area contributed by atoms with Crippen LogP contribution in [0.2, 0.25) is 0 Å². The van der Waals surface area contributed by atoms with E-state index >= 15 is 0 Å². The lowest BCUT2D eigenvalue weighted by Gasteiger charge is -2.34. The summed E-state index contributed by atoms with van der Waals surface area (Å²) in [6.45, 7) is 5.46. The van der Waals surface area contributed by atoms with Crippen molar-refractivity contribution in [1.82, 2.24) is 10.2 Å². The quantitative estimate of drug-likeness (QED) is 0.718. The minimum atomic E-state index is -0.451. The van der Waals surface area contributed by atoms with Gasteiger partial charge < -0.3 is 10.2 Å². The third kappa shape index (κ3) is 2.57. The van der Waals surface area contributed by atoms with Gasteiger partial charge in [0.05, 0.1) is 17.6 Å². The molecular formula is C12H18N4O. The number of hydrogen-bond donors (Lipinski definition) is 1. The van der Waals surface area contributed by atoms with E-state index in [2.05, 4.69) is 5.32 Å². The van der Waals surface area contributed by atoms with Crippen molar-refractivity contribution in [1.29, 1.82) is 10.5 Å². The summed E-state index contributed by atoms with van der Waals surface area (Å²) in [5.41, 5.74) is -0.451. The number of amides is 1. The molecule has 0 bridgehead atoms. The van der Waals surface area contributed by atoms with Gasteiger partial charge in [-0.2, -0.15) is 10.5 Å².